The lowest BCUT2D eigenvalue weighted by Crippen LogP contribution is -2.08. The molecule has 0 amide bonds. The first-order chi connectivity index (χ1) is 13.2. The number of ether oxygens (including phenoxy) is 2. The summed E-state index contributed by atoms with van der Waals surface area (Å²) >= 11 is 5.03. The van der Waals surface area contributed by atoms with Gasteiger partial charge in [-0.15, -0.1) is 11.3 Å². The molecule has 0 radical (unpaired) electrons. The minimum Gasteiger partial charge on any atom is -0.459 e. The zero-order valence-electron chi connectivity index (χ0n) is 13.6. The summed E-state index contributed by atoms with van der Waals surface area (Å²) in [4.78, 5) is 17.9. The third-order valence-electron chi connectivity index (χ3n) is 4.07. The lowest BCUT2D eigenvalue weighted by molar-refractivity contribution is -0.130. The highest BCUT2D eigenvalue weighted by Crippen LogP contribution is 2.41. The monoisotopic (exact) mass is 439 g/mol. The molecular weight excluding hydrogens is 430 g/mol. The van der Waals surface area contributed by atoms with Gasteiger partial charge in [0.1, 0.15) is 11.5 Å². The summed E-state index contributed by atoms with van der Waals surface area (Å²) in [6, 6.07) is 13.0. The molecule has 0 saturated carbocycles. The molecule has 5 rings (SSSR count). The average molecular weight is 440 g/mol. The highest BCUT2D eigenvalue weighted by molar-refractivity contribution is 9.10. The summed E-state index contributed by atoms with van der Waals surface area (Å²) in [5.74, 6) is 1.35. The van der Waals surface area contributed by atoms with E-state index in [0.717, 1.165) is 14.9 Å². The largest absolute Gasteiger partial charge is 0.459 e. The quantitative estimate of drug-likeness (QED) is 0.403. The Balaban J connectivity index is 1.72. The van der Waals surface area contributed by atoms with Crippen molar-refractivity contribution in [1.29, 1.82) is 0 Å². The summed E-state index contributed by atoms with van der Waals surface area (Å²) in [6.07, 6.45) is 3.33. The van der Waals surface area contributed by atoms with E-state index in [-0.39, 0.29) is 11.6 Å². The zero-order chi connectivity index (χ0) is 18.4. The number of allylic oxidation sites excluding steroid dienone is 2. The second kappa shape index (κ2) is 6.37. The van der Waals surface area contributed by atoms with Gasteiger partial charge in [0, 0.05) is 15.6 Å². The molecule has 2 aliphatic heterocycles. The maximum absolute atomic E-state index is 12.6. The van der Waals surface area contributed by atoms with Gasteiger partial charge < -0.3 is 13.9 Å². The van der Waals surface area contributed by atoms with Crippen molar-refractivity contribution in [2.75, 3.05) is 0 Å². The summed E-state index contributed by atoms with van der Waals surface area (Å²) in [6.45, 7) is 0. The van der Waals surface area contributed by atoms with Crippen LogP contribution < -0.4 is 4.74 Å². The molecule has 0 spiro atoms. The van der Waals surface area contributed by atoms with E-state index >= 15 is 0 Å². The van der Waals surface area contributed by atoms with Crippen molar-refractivity contribution in [3.63, 3.8) is 0 Å². The van der Waals surface area contributed by atoms with Crippen molar-refractivity contribution in [2.45, 2.75) is 0 Å². The number of benzene rings is 1. The highest BCUT2D eigenvalue weighted by Gasteiger charge is 2.31. The van der Waals surface area contributed by atoms with E-state index in [4.69, 9.17) is 13.9 Å². The Bertz CT molecular complexity index is 1140. The lowest BCUT2D eigenvalue weighted by atomic mass is 9.99. The average Bonchev–Trinajstić information content (AvgIpc) is 3.42. The Morgan fingerprint density at radius 1 is 1.07 bits per heavy atom. The van der Waals surface area contributed by atoms with Gasteiger partial charge in [-0.25, -0.2) is 9.79 Å². The van der Waals surface area contributed by atoms with E-state index in [9.17, 15) is 4.79 Å². The first-order valence-electron chi connectivity index (χ1n) is 8.01. The summed E-state index contributed by atoms with van der Waals surface area (Å²) in [5, 5.41) is 1.97. The molecular formula is C20H10BrNO4S. The van der Waals surface area contributed by atoms with E-state index < -0.39 is 5.97 Å². The molecule has 27 heavy (non-hydrogen) atoms. The number of halogens is 1. The van der Waals surface area contributed by atoms with E-state index in [0.29, 0.717) is 22.8 Å². The van der Waals surface area contributed by atoms with Gasteiger partial charge in [0.2, 0.25) is 0 Å². The number of aliphatic imine (C=N–C) groups is 1. The van der Waals surface area contributed by atoms with Crippen molar-refractivity contribution in [2.24, 2.45) is 4.99 Å². The minimum atomic E-state index is -0.522. The number of furan rings is 1. The van der Waals surface area contributed by atoms with Gasteiger partial charge in [-0.1, -0.05) is 22.0 Å². The molecule has 132 valence electrons. The first kappa shape index (κ1) is 16.3. The molecule has 4 heterocycles. The third kappa shape index (κ3) is 2.85. The number of carbonyl (C=O) groups is 1. The second-order valence-corrected chi connectivity index (χ2v) is 7.64. The van der Waals surface area contributed by atoms with Crippen LogP contribution in [0.1, 0.15) is 16.2 Å². The van der Waals surface area contributed by atoms with Crippen LogP contribution >= 0.6 is 27.3 Å². The number of hydrogen-bond acceptors (Lipinski definition) is 6. The molecule has 2 aliphatic rings. The molecule has 7 heteroatoms. The Labute approximate surface area is 166 Å². The van der Waals surface area contributed by atoms with Crippen LogP contribution in [0.2, 0.25) is 0 Å². The second-order valence-electron chi connectivity index (χ2n) is 5.77. The van der Waals surface area contributed by atoms with E-state index in [2.05, 4.69) is 20.9 Å². The minimum absolute atomic E-state index is 0.154. The zero-order valence-corrected chi connectivity index (χ0v) is 16.0. The van der Waals surface area contributed by atoms with Crippen LogP contribution in [-0.4, -0.2) is 11.9 Å². The first-order valence-corrected chi connectivity index (χ1v) is 9.69. The van der Waals surface area contributed by atoms with Crippen LogP contribution in [0.4, 0.5) is 0 Å². The standard InChI is InChI=1S/C20H10BrNO4S/c21-11-5-6-14-12(9-11)13(10-16(25-14)17-4-2-8-27-17)18-20(23)26-19(22-18)15-3-1-7-24-15/h1-10H. The fourth-order valence-electron chi connectivity index (χ4n) is 2.88. The molecule has 0 unspecified atom stereocenters. The number of cyclic esters (lactones) is 1. The molecule has 0 fully saturated rings. The summed E-state index contributed by atoms with van der Waals surface area (Å²) in [5.41, 5.74) is 1.63. The molecule has 0 bridgehead atoms. The van der Waals surface area contributed by atoms with Gasteiger partial charge >= 0.3 is 5.97 Å². The number of fused-ring (bicyclic) bond motifs is 1. The molecule has 5 nitrogen and oxygen atoms in total. The lowest BCUT2D eigenvalue weighted by Gasteiger charge is -2.20. The van der Waals surface area contributed by atoms with Crippen LogP contribution in [0, 0.1) is 0 Å². The Morgan fingerprint density at radius 2 is 2.00 bits per heavy atom. The van der Waals surface area contributed by atoms with Crippen molar-refractivity contribution in [1.82, 2.24) is 0 Å². The Morgan fingerprint density at radius 3 is 2.78 bits per heavy atom. The van der Waals surface area contributed by atoms with Crippen molar-refractivity contribution in [3.05, 3.63) is 86.6 Å². The van der Waals surface area contributed by atoms with Gasteiger partial charge in [0.15, 0.2) is 11.5 Å². The Hall–Kier alpha value is -2.90. The van der Waals surface area contributed by atoms with Gasteiger partial charge in [-0.2, -0.15) is 0 Å². The number of thiophene rings is 1. The fraction of sp³-hybridized carbons (Fsp3) is 0. The predicted molar refractivity (Wildman–Crippen MR) is 105 cm³/mol. The number of nitrogens with zero attached hydrogens (tertiary/aromatic N) is 1. The van der Waals surface area contributed by atoms with Gasteiger partial charge in [0.05, 0.1) is 11.1 Å². The molecule has 3 aromatic rings. The van der Waals surface area contributed by atoms with Crippen LogP contribution in [-0.2, 0) is 9.53 Å². The molecule has 0 atom stereocenters. The molecule has 0 aliphatic carbocycles. The number of carbonyl (C=O) groups excluding carboxylic acids is 1. The number of esters is 1. The Kier molecular flexibility index (Phi) is 3.84. The predicted octanol–water partition coefficient (Wildman–Crippen LogP) is 5.25. The van der Waals surface area contributed by atoms with Gasteiger partial charge in [0.25, 0.3) is 5.90 Å². The van der Waals surface area contributed by atoms with Crippen molar-refractivity contribution >= 4 is 50.5 Å². The van der Waals surface area contributed by atoms with Crippen LogP contribution in [0.5, 0.6) is 5.75 Å². The maximum atomic E-state index is 12.6. The normalized spacial score (nSPS) is 18.5. The SMILES string of the molecule is O=C1OC(c2ccco2)=NC1=C1C=C(c2cccs2)Oc2ccc(Br)cc21. The molecule has 2 aromatic heterocycles. The van der Waals surface area contributed by atoms with E-state index in [1.807, 2.05) is 41.8 Å². The van der Waals surface area contributed by atoms with Crippen molar-refractivity contribution < 1.29 is 18.7 Å². The molecule has 1 aromatic carbocycles. The number of rotatable bonds is 2. The van der Waals surface area contributed by atoms with Crippen LogP contribution in [0.15, 0.2) is 79.8 Å². The van der Waals surface area contributed by atoms with E-state index in [1.54, 1.807) is 23.5 Å². The maximum Gasteiger partial charge on any atom is 0.364 e. The number of hydrogen-bond donors (Lipinski definition) is 0. The molecule has 0 N–H and O–H groups in total. The smallest absolute Gasteiger partial charge is 0.364 e. The molecule has 0 saturated heterocycles. The van der Waals surface area contributed by atoms with Crippen LogP contribution in [0.25, 0.3) is 11.3 Å². The fourth-order valence-corrected chi connectivity index (χ4v) is 3.92. The topological polar surface area (TPSA) is 61.0 Å². The van der Waals surface area contributed by atoms with Gasteiger partial charge in [-0.05, 0) is 47.9 Å². The van der Waals surface area contributed by atoms with Crippen molar-refractivity contribution in [3.8, 4) is 5.75 Å². The summed E-state index contributed by atoms with van der Waals surface area (Å²) < 4.78 is 17.5. The van der Waals surface area contributed by atoms with Crippen LogP contribution in [0.3, 0.4) is 0 Å². The van der Waals surface area contributed by atoms with Gasteiger partial charge in [-0.3, -0.25) is 0 Å². The highest BCUT2D eigenvalue weighted by atomic mass is 79.9. The van der Waals surface area contributed by atoms with E-state index in [1.165, 1.54) is 6.26 Å². The summed E-state index contributed by atoms with van der Waals surface area (Å²) in [7, 11) is 0. The third-order valence-corrected chi connectivity index (χ3v) is 5.45.